The topological polar surface area (TPSA) is 12.5 Å². The quantitative estimate of drug-likeness (QED) is 0.813. The van der Waals surface area contributed by atoms with E-state index >= 15 is 0 Å². The first-order valence-electron chi connectivity index (χ1n) is 7.92. The Kier molecular flexibility index (Phi) is 4.90. The van der Waals surface area contributed by atoms with Gasteiger partial charge in [-0.15, -0.1) is 0 Å². The Hall–Kier alpha value is -1.80. The monoisotopic (exact) mass is 281 g/mol. The summed E-state index contributed by atoms with van der Waals surface area (Å²) < 4.78 is 5.93. The zero-order valence-corrected chi connectivity index (χ0v) is 12.5. The summed E-state index contributed by atoms with van der Waals surface area (Å²) >= 11 is 0. The molecule has 1 aliphatic heterocycles. The molecule has 0 aromatic heterocycles. The Morgan fingerprint density at radius 1 is 0.810 bits per heavy atom. The van der Waals surface area contributed by atoms with Gasteiger partial charge in [0.05, 0.1) is 0 Å². The van der Waals surface area contributed by atoms with Crippen molar-refractivity contribution < 1.29 is 4.74 Å². The van der Waals surface area contributed by atoms with Crippen LogP contribution in [0.5, 0.6) is 5.75 Å². The number of nitrogens with zero attached hydrogens (tertiary/aromatic N) is 1. The van der Waals surface area contributed by atoms with Crippen LogP contribution in [0.3, 0.4) is 0 Å². The zero-order valence-electron chi connectivity index (χ0n) is 12.5. The van der Waals surface area contributed by atoms with Gasteiger partial charge in [0, 0.05) is 6.54 Å². The summed E-state index contributed by atoms with van der Waals surface area (Å²) in [5.41, 5.74) is 2.45. The van der Waals surface area contributed by atoms with E-state index in [2.05, 4.69) is 47.4 Å². The molecule has 1 heterocycles. The average molecular weight is 281 g/mol. The summed E-state index contributed by atoms with van der Waals surface area (Å²) in [6, 6.07) is 18.8. The summed E-state index contributed by atoms with van der Waals surface area (Å²) in [7, 11) is 0. The largest absolute Gasteiger partial charge is 0.492 e. The first-order valence-corrected chi connectivity index (χ1v) is 7.92. The third-order valence-corrected chi connectivity index (χ3v) is 4.07. The highest BCUT2D eigenvalue weighted by Crippen LogP contribution is 2.23. The van der Waals surface area contributed by atoms with Crippen LogP contribution in [0.2, 0.25) is 0 Å². The number of rotatable bonds is 5. The molecule has 0 radical (unpaired) electrons. The van der Waals surface area contributed by atoms with Crippen molar-refractivity contribution in [2.75, 3.05) is 26.2 Å². The third kappa shape index (κ3) is 4.08. The molecule has 2 nitrogen and oxygen atoms in total. The Morgan fingerprint density at radius 2 is 1.57 bits per heavy atom. The molecule has 1 saturated heterocycles. The second kappa shape index (κ2) is 7.28. The molecule has 0 amide bonds. The average Bonchev–Trinajstić information content (AvgIpc) is 2.57. The molecule has 0 N–H and O–H groups in total. The first-order chi connectivity index (χ1) is 10.4. The maximum atomic E-state index is 5.93. The first kappa shape index (κ1) is 14.2. The van der Waals surface area contributed by atoms with Gasteiger partial charge < -0.3 is 4.74 Å². The fraction of sp³-hybridized carbons (Fsp3) is 0.368. The van der Waals surface area contributed by atoms with Gasteiger partial charge in [-0.2, -0.15) is 0 Å². The Bertz CT molecular complexity index is 547. The van der Waals surface area contributed by atoms with Crippen molar-refractivity contribution in [2.45, 2.75) is 19.3 Å². The molecule has 21 heavy (non-hydrogen) atoms. The van der Waals surface area contributed by atoms with E-state index in [9.17, 15) is 0 Å². The minimum Gasteiger partial charge on any atom is -0.492 e. The maximum Gasteiger partial charge on any atom is 0.119 e. The van der Waals surface area contributed by atoms with Crippen molar-refractivity contribution in [3.05, 3.63) is 54.6 Å². The van der Waals surface area contributed by atoms with E-state index in [0.29, 0.717) is 0 Å². The van der Waals surface area contributed by atoms with Gasteiger partial charge in [-0.05, 0) is 49.2 Å². The lowest BCUT2D eigenvalue weighted by molar-refractivity contribution is 0.183. The van der Waals surface area contributed by atoms with Crippen molar-refractivity contribution in [3.8, 4) is 16.9 Å². The van der Waals surface area contributed by atoms with E-state index in [1.807, 2.05) is 12.1 Å². The molecule has 0 spiro atoms. The van der Waals surface area contributed by atoms with Gasteiger partial charge in [-0.1, -0.05) is 48.9 Å². The molecule has 0 aliphatic carbocycles. The molecule has 2 heteroatoms. The molecule has 2 aromatic carbocycles. The molecule has 1 fully saturated rings. The summed E-state index contributed by atoms with van der Waals surface area (Å²) in [4.78, 5) is 2.50. The van der Waals surface area contributed by atoms with Gasteiger partial charge in [-0.25, -0.2) is 0 Å². The molecule has 0 atom stereocenters. The highest BCUT2D eigenvalue weighted by molar-refractivity contribution is 5.64. The second-order valence-corrected chi connectivity index (χ2v) is 5.64. The molecule has 2 aromatic rings. The molecule has 0 unspecified atom stereocenters. The Labute approximate surface area is 127 Å². The minimum absolute atomic E-state index is 0.776. The third-order valence-electron chi connectivity index (χ3n) is 4.07. The van der Waals surface area contributed by atoms with Crippen molar-refractivity contribution in [3.63, 3.8) is 0 Å². The molecular formula is C19H23NO. The summed E-state index contributed by atoms with van der Waals surface area (Å²) in [6.45, 7) is 4.27. The molecule has 3 rings (SSSR count). The molecular weight excluding hydrogens is 258 g/mol. The van der Waals surface area contributed by atoms with E-state index < -0.39 is 0 Å². The summed E-state index contributed by atoms with van der Waals surface area (Å²) in [5, 5.41) is 0. The normalized spacial score (nSPS) is 15.8. The number of hydrogen-bond acceptors (Lipinski definition) is 2. The second-order valence-electron chi connectivity index (χ2n) is 5.64. The summed E-state index contributed by atoms with van der Waals surface area (Å²) in [6.07, 6.45) is 4.06. The van der Waals surface area contributed by atoms with Gasteiger partial charge in [0.15, 0.2) is 0 Å². The molecule has 110 valence electrons. The van der Waals surface area contributed by atoms with E-state index in [4.69, 9.17) is 4.74 Å². The smallest absolute Gasteiger partial charge is 0.119 e. The Balaban J connectivity index is 1.56. The zero-order chi connectivity index (χ0) is 14.3. The lowest BCUT2D eigenvalue weighted by atomic mass is 10.1. The number of ether oxygens (including phenoxy) is 1. The van der Waals surface area contributed by atoms with Crippen LogP contribution in [0.4, 0.5) is 0 Å². The van der Waals surface area contributed by atoms with Crippen LogP contribution in [0.15, 0.2) is 54.6 Å². The molecule has 1 aliphatic rings. The molecule has 0 saturated carbocycles. The predicted molar refractivity (Wildman–Crippen MR) is 87.7 cm³/mol. The van der Waals surface area contributed by atoms with E-state index in [0.717, 1.165) is 18.9 Å². The van der Waals surface area contributed by atoms with Crippen molar-refractivity contribution in [1.29, 1.82) is 0 Å². The fourth-order valence-corrected chi connectivity index (χ4v) is 2.87. The molecule has 0 bridgehead atoms. The summed E-state index contributed by atoms with van der Waals surface area (Å²) in [5.74, 6) is 0.966. The van der Waals surface area contributed by atoms with Crippen LogP contribution in [-0.2, 0) is 0 Å². The van der Waals surface area contributed by atoms with E-state index in [-0.39, 0.29) is 0 Å². The highest BCUT2D eigenvalue weighted by atomic mass is 16.5. The van der Waals surface area contributed by atoms with Crippen LogP contribution in [-0.4, -0.2) is 31.1 Å². The van der Waals surface area contributed by atoms with Crippen molar-refractivity contribution in [2.24, 2.45) is 0 Å². The van der Waals surface area contributed by atoms with Crippen molar-refractivity contribution in [1.82, 2.24) is 4.90 Å². The van der Waals surface area contributed by atoms with Gasteiger partial charge in [-0.3, -0.25) is 4.90 Å². The van der Waals surface area contributed by atoms with Crippen LogP contribution in [0, 0.1) is 0 Å². The van der Waals surface area contributed by atoms with Gasteiger partial charge >= 0.3 is 0 Å². The minimum atomic E-state index is 0.776. The van der Waals surface area contributed by atoms with E-state index in [1.54, 1.807) is 0 Å². The van der Waals surface area contributed by atoms with Gasteiger partial charge in [0.25, 0.3) is 0 Å². The number of benzene rings is 2. The van der Waals surface area contributed by atoms with Crippen LogP contribution < -0.4 is 4.74 Å². The van der Waals surface area contributed by atoms with Crippen molar-refractivity contribution >= 4 is 0 Å². The predicted octanol–water partition coefficient (Wildman–Crippen LogP) is 4.22. The van der Waals surface area contributed by atoms with E-state index in [1.165, 1.54) is 43.5 Å². The number of hydrogen-bond donors (Lipinski definition) is 0. The Morgan fingerprint density at radius 3 is 2.38 bits per heavy atom. The SMILES string of the molecule is c1ccc(-c2cccc(OCCN3CCCCC3)c2)cc1. The van der Waals surface area contributed by atoms with Crippen LogP contribution in [0.1, 0.15) is 19.3 Å². The van der Waals surface area contributed by atoms with Crippen LogP contribution >= 0.6 is 0 Å². The lowest BCUT2D eigenvalue weighted by Crippen LogP contribution is -2.33. The lowest BCUT2D eigenvalue weighted by Gasteiger charge is -2.26. The number of likely N-dealkylation sites (tertiary alicyclic amines) is 1. The maximum absolute atomic E-state index is 5.93. The number of piperidine rings is 1. The standard InChI is InChI=1S/C19H23NO/c1-3-8-17(9-4-1)18-10-7-11-19(16-18)21-15-14-20-12-5-2-6-13-20/h1,3-4,7-11,16H,2,5-6,12-15H2. The van der Waals surface area contributed by atoms with Gasteiger partial charge in [0.2, 0.25) is 0 Å². The highest BCUT2D eigenvalue weighted by Gasteiger charge is 2.09. The van der Waals surface area contributed by atoms with Crippen LogP contribution in [0.25, 0.3) is 11.1 Å². The fourth-order valence-electron chi connectivity index (χ4n) is 2.87. The van der Waals surface area contributed by atoms with Gasteiger partial charge in [0.1, 0.15) is 12.4 Å².